The number of carboxylic acid groups (broad SMARTS) is 1. The largest absolute Gasteiger partial charge is 0.484 e. The minimum atomic E-state index is -4.36. The Hall–Kier alpha value is -1.47. The van der Waals surface area contributed by atoms with Crippen molar-refractivity contribution in [1.29, 1.82) is 0 Å². The molecular weight excluding hydrogens is 323 g/mol. The van der Waals surface area contributed by atoms with E-state index in [4.69, 9.17) is 9.84 Å². The standard InChI is InChI=1S/C14H16F3NO3.ClH/c15-14(16,17)9-21-12-3-1-2-10(6-12)7-18-5-4-11(8-18)13(19)20;/h1-3,6,11H,4-5,7-9H2,(H,19,20);1H. The van der Waals surface area contributed by atoms with E-state index >= 15 is 0 Å². The summed E-state index contributed by atoms with van der Waals surface area (Å²) in [6, 6.07) is 6.44. The highest BCUT2D eigenvalue weighted by atomic mass is 35.5. The minimum Gasteiger partial charge on any atom is -0.484 e. The lowest BCUT2D eigenvalue weighted by Gasteiger charge is -2.16. The van der Waals surface area contributed by atoms with E-state index in [2.05, 4.69) is 0 Å². The van der Waals surface area contributed by atoms with E-state index in [9.17, 15) is 18.0 Å². The maximum Gasteiger partial charge on any atom is 0.422 e. The van der Waals surface area contributed by atoms with Crippen molar-refractivity contribution in [2.45, 2.75) is 19.1 Å². The zero-order valence-electron chi connectivity index (χ0n) is 11.7. The molecule has 1 fully saturated rings. The summed E-state index contributed by atoms with van der Waals surface area (Å²) in [5.74, 6) is -1.01. The number of carbonyl (C=O) groups is 1. The molecule has 0 bridgehead atoms. The van der Waals surface area contributed by atoms with Crippen LogP contribution in [0.5, 0.6) is 5.75 Å². The Morgan fingerprint density at radius 2 is 2.14 bits per heavy atom. The number of halogens is 4. The zero-order valence-corrected chi connectivity index (χ0v) is 12.5. The summed E-state index contributed by atoms with van der Waals surface area (Å²) in [4.78, 5) is 12.9. The van der Waals surface area contributed by atoms with E-state index in [-0.39, 0.29) is 24.1 Å². The van der Waals surface area contributed by atoms with E-state index in [1.54, 1.807) is 18.2 Å². The molecule has 22 heavy (non-hydrogen) atoms. The fourth-order valence-corrected chi connectivity index (χ4v) is 2.33. The second-order valence-electron chi connectivity index (χ2n) is 5.11. The number of rotatable bonds is 5. The van der Waals surface area contributed by atoms with Gasteiger partial charge in [-0.05, 0) is 30.7 Å². The van der Waals surface area contributed by atoms with Crippen LogP contribution in [0.25, 0.3) is 0 Å². The molecule has 8 heteroatoms. The van der Waals surface area contributed by atoms with Crippen LogP contribution in [0, 0.1) is 5.92 Å². The van der Waals surface area contributed by atoms with Crippen molar-refractivity contribution in [1.82, 2.24) is 4.90 Å². The highest BCUT2D eigenvalue weighted by Crippen LogP contribution is 2.22. The van der Waals surface area contributed by atoms with Crippen molar-refractivity contribution in [3.05, 3.63) is 29.8 Å². The Morgan fingerprint density at radius 1 is 1.41 bits per heavy atom. The first-order valence-electron chi connectivity index (χ1n) is 6.57. The Kier molecular flexibility index (Phi) is 6.49. The smallest absolute Gasteiger partial charge is 0.422 e. The third-order valence-corrected chi connectivity index (χ3v) is 3.33. The molecule has 1 N–H and O–H groups in total. The Bertz CT molecular complexity index is 510. The predicted octanol–water partition coefficient (Wildman–Crippen LogP) is 2.96. The third-order valence-electron chi connectivity index (χ3n) is 3.33. The summed E-state index contributed by atoms with van der Waals surface area (Å²) in [6.45, 7) is 0.321. The van der Waals surface area contributed by atoms with Gasteiger partial charge in [0.05, 0.1) is 5.92 Å². The van der Waals surface area contributed by atoms with Crippen LogP contribution in [-0.2, 0) is 11.3 Å². The number of benzene rings is 1. The molecule has 0 aromatic heterocycles. The van der Waals surface area contributed by atoms with Crippen LogP contribution < -0.4 is 4.74 Å². The average Bonchev–Trinajstić information content (AvgIpc) is 2.85. The van der Waals surface area contributed by atoms with Crippen molar-refractivity contribution >= 4 is 18.4 Å². The van der Waals surface area contributed by atoms with Crippen molar-refractivity contribution in [2.24, 2.45) is 5.92 Å². The predicted molar refractivity (Wildman–Crippen MR) is 76.3 cm³/mol. The van der Waals surface area contributed by atoms with E-state index in [0.29, 0.717) is 26.1 Å². The first-order chi connectivity index (χ1) is 9.83. The molecule has 0 amide bonds. The fourth-order valence-electron chi connectivity index (χ4n) is 2.33. The van der Waals surface area contributed by atoms with Crippen LogP contribution in [-0.4, -0.2) is 41.8 Å². The molecule has 0 spiro atoms. The quantitative estimate of drug-likeness (QED) is 0.896. The first-order valence-corrected chi connectivity index (χ1v) is 6.57. The molecule has 1 aliphatic rings. The highest BCUT2D eigenvalue weighted by molar-refractivity contribution is 5.85. The van der Waals surface area contributed by atoms with E-state index in [1.165, 1.54) is 6.07 Å². The van der Waals surface area contributed by atoms with Gasteiger partial charge in [0.25, 0.3) is 0 Å². The van der Waals surface area contributed by atoms with Gasteiger partial charge >= 0.3 is 12.1 Å². The van der Waals surface area contributed by atoms with Crippen LogP contribution >= 0.6 is 12.4 Å². The molecule has 1 aromatic carbocycles. The monoisotopic (exact) mass is 339 g/mol. The molecule has 1 heterocycles. The molecule has 4 nitrogen and oxygen atoms in total. The number of carboxylic acids is 1. The third kappa shape index (κ3) is 5.73. The molecule has 1 unspecified atom stereocenters. The summed E-state index contributed by atoms with van der Waals surface area (Å²) < 4.78 is 41.0. The zero-order chi connectivity index (χ0) is 15.5. The van der Waals surface area contributed by atoms with Gasteiger partial charge in [-0.1, -0.05) is 12.1 Å². The van der Waals surface area contributed by atoms with Crippen molar-refractivity contribution in [2.75, 3.05) is 19.7 Å². The summed E-state index contributed by atoms with van der Waals surface area (Å²) in [5, 5.41) is 8.93. The lowest BCUT2D eigenvalue weighted by molar-refractivity contribution is -0.153. The maximum absolute atomic E-state index is 12.1. The number of hydrogen-bond donors (Lipinski definition) is 1. The van der Waals surface area contributed by atoms with Crippen LogP contribution in [0.4, 0.5) is 13.2 Å². The topological polar surface area (TPSA) is 49.8 Å². The van der Waals surface area contributed by atoms with Gasteiger partial charge in [0.2, 0.25) is 0 Å². The normalized spacial score (nSPS) is 18.8. The summed E-state index contributed by atoms with van der Waals surface area (Å²) >= 11 is 0. The summed E-state index contributed by atoms with van der Waals surface area (Å²) in [6.07, 6.45) is -3.76. The van der Waals surface area contributed by atoms with Gasteiger partial charge in [-0.2, -0.15) is 13.2 Å². The van der Waals surface area contributed by atoms with Gasteiger partial charge in [0.15, 0.2) is 6.61 Å². The molecule has 1 aliphatic heterocycles. The second kappa shape index (κ2) is 7.69. The van der Waals surface area contributed by atoms with Crippen molar-refractivity contribution in [3.63, 3.8) is 0 Å². The number of ether oxygens (including phenoxy) is 1. The molecule has 2 rings (SSSR count). The number of hydrogen-bond acceptors (Lipinski definition) is 3. The SMILES string of the molecule is Cl.O=C(O)C1CCN(Cc2cccc(OCC(F)(F)F)c2)C1. The van der Waals surface area contributed by atoms with Gasteiger partial charge in [0, 0.05) is 13.1 Å². The second-order valence-corrected chi connectivity index (χ2v) is 5.11. The lowest BCUT2D eigenvalue weighted by Crippen LogP contribution is -2.23. The average molecular weight is 340 g/mol. The minimum absolute atomic E-state index is 0. The van der Waals surface area contributed by atoms with Crippen LogP contribution in [0.15, 0.2) is 24.3 Å². The molecule has 124 valence electrons. The van der Waals surface area contributed by atoms with Gasteiger partial charge < -0.3 is 9.84 Å². The molecule has 1 aromatic rings. The van der Waals surface area contributed by atoms with Crippen molar-refractivity contribution in [3.8, 4) is 5.75 Å². The van der Waals surface area contributed by atoms with Gasteiger partial charge in [-0.15, -0.1) is 12.4 Å². The number of aliphatic carboxylic acids is 1. The van der Waals surface area contributed by atoms with Crippen LogP contribution in [0.3, 0.4) is 0 Å². The van der Waals surface area contributed by atoms with Crippen LogP contribution in [0.2, 0.25) is 0 Å². The Morgan fingerprint density at radius 3 is 2.73 bits per heavy atom. The van der Waals surface area contributed by atoms with Gasteiger partial charge in [0.1, 0.15) is 5.75 Å². The molecule has 1 atom stereocenters. The number of likely N-dealkylation sites (tertiary alicyclic amines) is 1. The van der Waals surface area contributed by atoms with Crippen molar-refractivity contribution < 1.29 is 27.8 Å². The first kappa shape index (κ1) is 18.6. The lowest BCUT2D eigenvalue weighted by atomic mass is 10.1. The fraction of sp³-hybridized carbons (Fsp3) is 0.500. The molecule has 0 saturated carbocycles. The van der Waals surface area contributed by atoms with E-state index in [1.807, 2.05) is 4.90 Å². The molecule has 0 aliphatic carbocycles. The Labute approximate surface area is 132 Å². The molecule has 0 radical (unpaired) electrons. The molecule has 1 saturated heterocycles. The maximum atomic E-state index is 12.1. The number of nitrogens with zero attached hydrogens (tertiary/aromatic N) is 1. The van der Waals surface area contributed by atoms with E-state index < -0.39 is 18.8 Å². The summed E-state index contributed by atoms with van der Waals surface area (Å²) in [5.41, 5.74) is 0.806. The van der Waals surface area contributed by atoms with Gasteiger partial charge in [-0.3, -0.25) is 9.69 Å². The number of alkyl halides is 3. The molecular formula is C14H17ClF3NO3. The Balaban J connectivity index is 0.00000242. The summed E-state index contributed by atoms with van der Waals surface area (Å²) in [7, 11) is 0. The van der Waals surface area contributed by atoms with Gasteiger partial charge in [-0.25, -0.2) is 0 Å². The van der Waals surface area contributed by atoms with E-state index in [0.717, 1.165) is 5.56 Å². The van der Waals surface area contributed by atoms with Crippen LogP contribution in [0.1, 0.15) is 12.0 Å². The highest BCUT2D eigenvalue weighted by Gasteiger charge is 2.29.